The molecule has 1 atom stereocenters. The van der Waals surface area contributed by atoms with E-state index in [1.807, 2.05) is 0 Å². The van der Waals surface area contributed by atoms with Gasteiger partial charge in [-0.3, -0.25) is 0 Å². The third-order valence-electron chi connectivity index (χ3n) is 3.16. The monoisotopic (exact) mass is 394 g/mol. The van der Waals surface area contributed by atoms with Crippen molar-refractivity contribution >= 4 is 23.5 Å². The SMILES string of the molecule is CCOC(=O)c1nc(Oc2ccc(O[C@@H](C)C(=O)OCC)cc2)ncc1Cl. The molecule has 0 N–H and O–H groups in total. The average Bonchev–Trinajstić information content (AvgIpc) is 2.65. The molecule has 9 heteroatoms. The third kappa shape index (κ3) is 5.82. The molecule has 0 aliphatic heterocycles. The largest absolute Gasteiger partial charge is 0.479 e. The number of benzene rings is 1. The van der Waals surface area contributed by atoms with Crippen LogP contribution in [0.4, 0.5) is 0 Å². The van der Waals surface area contributed by atoms with Gasteiger partial charge in [0, 0.05) is 0 Å². The van der Waals surface area contributed by atoms with Crippen molar-refractivity contribution in [1.82, 2.24) is 9.97 Å². The second-order valence-electron chi connectivity index (χ2n) is 5.16. The first-order chi connectivity index (χ1) is 12.9. The van der Waals surface area contributed by atoms with Crippen molar-refractivity contribution in [2.75, 3.05) is 13.2 Å². The molecule has 2 aromatic rings. The Bertz CT molecular complexity index is 797. The van der Waals surface area contributed by atoms with Crippen molar-refractivity contribution in [3.05, 3.63) is 41.2 Å². The molecule has 2 rings (SSSR count). The number of ether oxygens (including phenoxy) is 4. The Kier molecular flexibility index (Phi) is 7.36. The van der Waals surface area contributed by atoms with E-state index in [1.165, 1.54) is 6.20 Å². The van der Waals surface area contributed by atoms with Crippen molar-refractivity contribution in [3.8, 4) is 17.5 Å². The van der Waals surface area contributed by atoms with Crippen LogP contribution in [0.2, 0.25) is 5.02 Å². The fourth-order valence-corrected chi connectivity index (χ4v) is 2.11. The molecule has 144 valence electrons. The Labute approximate surface area is 161 Å². The maximum atomic E-state index is 11.8. The summed E-state index contributed by atoms with van der Waals surface area (Å²) in [5.74, 6) is -0.235. The molecule has 0 saturated carbocycles. The smallest absolute Gasteiger partial charge is 0.358 e. The van der Waals surface area contributed by atoms with Gasteiger partial charge >= 0.3 is 17.9 Å². The summed E-state index contributed by atoms with van der Waals surface area (Å²) < 4.78 is 20.8. The van der Waals surface area contributed by atoms with Crippen LogP contribution in [0, 0.1) is 0 Å². The first kappa shape index (κ1) is 20.4. The highest BCUT2D eigenvalue weighted by atomic mass is 35.5. The zero-order valence-electron chi connectivity index (χ0n) is 15.1. The number of halogens is 1. The van der Waals surface area contributed by atoms with Crippen molar-refractivity contribution < 1.29 is 28.5 Å². The number of esters is 2. The first-order valence-electron chi connectivity index (χ1n) is 8.25. The Morgan fingerprint density at radius 2 is 1.70 bits per heavy atom. The Morgan fingerprint density at radius 1 is 1.07 bits per heavy atom. The molecule has 1 aromatic carbocycles. The molecular formula is C18H19ClN2O6. The topological polar surface area (TPSA) is 96.8 Å². The van der Waals surface area contributed by atoms with Gasteiger partial charge < -0.3 is 18.9 Å². The summed E-state index contributed by atoms with van der Waals surface area (Å²) in [4.78, 5) is 31.3. The van der Waals surface area contributed by atoms with Crippen molar-refractivity contribution in [3.63, 3.8) is 0 Å². The summed E-state index contributed by atoms with van der Waals surface area (Å²) >= 11 is 5.91. The standard InChI is InChI=1S/C18H19ClN2O6/c1-4-24-16(22)11(3)26-12-6-8-13(9-7-12)27-18-20-10-14(19)15(21-18)17(23)25-5-2/h6-11H,4-5H2,1-3H3/t11-/m0/s1. The fraction of sp³-hybridized carbons (Fsp3) is 0.333. The summed E-state index contributed by atoms with van der Waals surface area (Å²) in [6.45, 7) is 5.48. The predicted molar refractivity (Wildman–Crippen MR) is 96.2 cm³/mol. The zero-order chi connectivity index (χ0) is 19.8. The first-order valence-corrected chi connectivity index (χ1v) is 8.63. The summed E-state index contributed by atoms with van der Waals surface area (Å²) in [5, 5.41) is 0.0671. The van der Waals surface area contributed by atoms with Crippen molar-refractivity contribution in [2.45, 2.75) is 26.9 Å². The van der Waals surface area contributed by atoms with Gasteiger partial charge in [-0.2, -0.15) is 4.98 Å². The van der Waals surface area contributed by atoms with Crippen LogP contribution in [-0.2, 0) is 14.3 Å². The van der Waals surface area contributed by atoms with Gasteiger partial charge in [0.25, 0.3) is 0 Å². The molecule has 0 saturated heterocycles. The Balaban J connectivity index is 2.05. The minimum atomic E-state index is -0.733. The van der Waals surface area contributed by atoms with Crippen LogP contribution in [0.3, 0.4) is 0 Å². The van der Waals surface area contributed by atoms with Gasteiger partial charge in [-0.25, -0.2) is 14.6 Å². The van der Waals surface area contributed by atoms with Crippen LogP contribution in [0.25, 0.3) is 0 Å². The molecule has 0 radical (unpaired) electrons. The minimum Gasteiger partial charge on any atom is -0.479 e. The summed E-state index contributed by atoms with van der Waals surface area (Å²) in [6.07, 6.45) is 0.526. The van der Waals surface area contributed by atoms with Gasteiger partial charge in [0.05, 0.1) is 24.4 Å². The van der Waals surface area contributed by atoms with E-state index in [-0.39, 0.29) is 29.9 Å². The average molecular weight is 395 g/mol. The van der Waals surface area contributed by atoms with Crippen LogP contribution >= 0.6 is 11.6 Å². The van der Waals surface area contributed by atoms with Crippen molar-refractivity contribution in [2.24, 2.45) is 0 Å². The van der Waals surface area contributed by atoms with E-state index in [0.29, 0.717) is 11.5 Å². The summed E-state index contributed by atoms with van der Waals surface area (Å²) in [7, 11) is 0. The maximum absolute atomic E-state index is 11.8. The molecule has 1 aromatic heterocycles. The number of nitrogens with zero attached hydrogens (tertiary/aromatic N) is 2. The summed E-state index contributed by atoms with van der Waals surface area (Å²) in [6, 6.07) is 6.39. The van der Waals surface area contributed by atoms with Crippen LogP contribution in [0.5, 0.6) is 17.5 Å². The molecule has 1 heterocycles. The van der Waals surface area contributed by atoms with E-state index >= 15 is 0 Å². The number of aromatic nitrogens is 2. The summed E-state index contributed by atoms with van der Waals surface area (Å²) in [5.41, 5.74) is -0.0771. The lowest BCUT2D eigenvalue weighted by atomic mass is 10.3. The highest BCUT2D eigenvalue weighted by molar-refractivity contribution is 6.33. The molecule has 27 heavy (non-hydrogen) atoms. The molecule has 0 unspecified atom stereocenters. The van der Waals surface area contributed by atoms with Gasteiger partial charge in [0.2, 0.25) is 0 Å². The predicted octanol–water partition coefficient (Wildman–Crippen LogP) is 3.43. The second kappa shape index (κ2) is 9.72. The van der Waals surface area contributed by atoms with E-state index < -0.39 is 18.0 Å². The number of carbonyl (C=O) groups is 2. The van der Waals surface area contributed by atoms with Gasteiger partial charge in [-0.15, -0.1) is 0 Å². The van der Waals surface area contributed by atoms with E-state index in [0.717, 1.165) is 0 Å². The number of carbonyl (C=O) groups excluding carboxylic acids is 2. The molecule has 0 amide bonds. The number of hydrogen-bond donors (Lipinski definition) is 0. The third-order valence-corrected chi connectivity index (χ3v) is 3.43. The van der Waals surface area contributed by atoms with E-state index in [2.05, 4.69) is 9.97 Å². The second-order valence-corrected chi connectivity index (χ2v) is 5.56. The van der Waals surface area contributed by atoms with E-state index in [1.54, 1.807) is 45.0 Å². The lowest BCUT2D eigenvalue weighted by Gasteiger charge is -2.13. The molecule has 0 aliphatic carbocycles. The van der Waals surface area contributed by atoms with Crippen LogP contribution in [0.15, 0.2) is 30.5 Å². The quantitative estimate of drug-likeness (QED) is 0.628. The number of rotatable bonds is 8. The molecule has 0 spiro atoms. The fourth-order valence-electron chi connectivity index (χ4n) is 1.95. The van der Waals surface area contributed by atoms with Gasteiger partial charge in [-0.05, 0) is 45.0 Å². The molecule has 8 nitrogen and oxygen atoms in total. The number of hydrogen-bond acceptors (Lipinski definition) is 8. The van der Waals surface area contributed by atoms with Crippen LogP contribution in [-0.4, -0.2) is 41.2 Å². The lowest BCUT2D eigenvalue weighted by Crippen LogP contribution is -2.25. The highest BCUT2D eigenvalue weighted by Gasteiger charge is 2.17. The molecular weight excluding hydrogens is 376 g/mol. The van der Waals surface area contributed by atoms with E-state index in [4.69, 9.17) is 30.5 Å². The van der Waals surface area contributed by atoms with E-state index in [9.17, 15) is 9.59 Å². The van der Waals surface area contributed by atoms with Crippen molar-refractivity contribution in [1.29, 1.82) is 0 Å². The van der Waals surface area contributed by atoms with Crippen LogP contribution < -0.4 is 9.47 Å². The van der Waals surface area contributed by atoms with Gasteiger partial charge in [-0.1, -0.05) is 11.6 Å². The lowest BCUT2D eigenvalue weighted by molar-refractivity contribution is -0.150. The maximum Gasteiger partial charge on any atom is 0.358 e. The Hall–Kier alpha value is -2.87. The van der Waals surface area contributed by atoms with Gasteiger partial charge in [0.15, 0.2) is 11.8 Å². The Morgan fingerprint density at radius 3 is 2.33 bits per heavy atom. The minimum absolute atomic E-state index is 0.0592. The highest BCUT2D eigenvalue weighted by Crippen LogP contribution is 2.24. The molecule has 0 aliphatic rings. The zero-order valence-corrected chi connectivity index (χ0v) is 15.9. The van der Waals surface area contributed by atoms with Gasteiger partial charge in [0.1, 0.15) is 11.5 Å². The van der Waals surface area contributed by atoms with Crippen LogP contribution in [0.1, 0.15) is 31.3 Å². The molecule has 0 bridgehead atoms. The molecule has 0 fully saturated rings. The normalized spacial score (nSPS) is 11.4.